The van der Waals surface area contributed by atoms with E-state index in [0.29, 0.717) is 0 Å². The summed E-state index contributed by atoms with van der Waals surface area (Å²) >= 11 is 1.83. The van der Waals surface area contributed by atoms with Crippen molar-refractivity contribution in [3.8, 4) is 0 Å². The van der Waals surface area contributed by atoms with Gasteiger partial charge in [0.25, 0.3) is 0 Å². The lowest BCUT2D eigenvalue weighted by Crippen LogP contribution is -2.36. The Balaban J connectivity index is 1.79. The molecule has 126 valence electrons. The second kappa shape index (κ2) is 8.43. The van der Waals surface area contributed by atoms with Crippen LogP contribution in [0.3, 0.4) is 0 Å². The zero-order valence-electron chi connectivity index (χ0n) is 12.7. The van der Waals surface area contributed by atoms with Crippen molar-refractivity contribution in [2.45, 2.75) is 36.8 Å². The van der Waals surface area contributed by atoms with E-state index in [2.05, 4.69) is 0 Å². The van der Waals surface area contributed by atoms with Gasteiger partial charge in [0.2, 0.25) is 0 Å². The maximum Gasteiger partial charge on any atom is 0.471 e. The third-order valence-corrected chi connectivity index (χ3v) is 4.99. The van der Waals surface area contributed by atoms with Crippen molar-refractivity contribution in [2.75, 3.05) is 12.3 Å². The standard InChI is InChI=1S/C17H20F3NOS/c18-17(19,20)16(22)21-10-4-8-13-7-3-9-15(11-13)23-12-14-5-1-2-6-14/h3-4,7-9,11,14H,1-2,5-6,10,12H2,(H,21,22). The SMILES string of the molecule is O=C(NCC=Cc1cccc(SCC2CCCC2)c1)C(F)(F)F. The lowest BCUT2D eigenvalue weighted by molar-refractivity contribution is -0.173. The number of halogens is 3. The number of carbonyl (C=O) groups is 1. The van der Waals surface area contributed by atoms with Crippen LogP contribution in [0, 0.1) is 5.92 Å². The first-order valence-electron chi connectivity index (χ1n) is 7.69. The molecule has 0 aliphatic heterocycles. The highest BCUT2D eigenvalue weighted by molar-refractivity contribution is 7.99. The summed E-state index contributed by atoms with van der Waals surface area (Å²) in [6.07, 6.45) is 3.69. The van der Waals surface area contributed by atoms with Crippen LogP contribution in [0.2, 0.25) is 0 Å². The normalized spacial score (nSPS) is 16.1. The van der Waals surface area contributed by atoms with E-state index in [0.717, 1.165) is 17.2 Å². The number of hydrogen-bond donors (Lipinski definition) is 1. The Morgan fingerprint density at radius 2 is 2.04 bits per heavy atom. The molecule has 1 N–H and O–H groups in total. The summed E-state index contributed by atoms with van der Waals surface area (Å²) in [5.41, 5.74) is 0.919. The molecule has 6 heteroatoms. The molecule has 0 atom stereocenters. The van der Waals surface area contributed by atoms with Crippen molar-refractivity contribution in [1.29, 1.82) is 0 Å². The van der Waals surface area contributed by atoms with Crippen LogP contribution in [0.4, 0.5) is 13.2 Å². The minimum absolute atomic E-state index is 0.141. The van der Waals surface area contributed by atoms with E-state index in [1.54, 1.807) is 6.08 Å². The summed E-state index contributed by atoms with van der Waals surface area (Å²) in [5, 5.41) is 1.81. The van der Waals surface area contributed by atoms with Gasteiger partial charge >= 0.3 is 12.1 Å². The minimum Gasteiger partial charge on any atom is -0.345 e. The molecule has 1 aliphatic carbocycles. The van der Waals surface area contributed by atoms with Gasteiger partial charge in [-0.15, -0.1) is 11.8 Å². The monoisotopic (exact) mass is 343 g/mol. The second-order valence-electron chi connectivity index (χ2n) is 5.64. The molecule has 0 unspecified atom stereocenters. The summed E-state index contributed by atoms with van der Waals surface area (Å²) in [7, 11) is 0. The first-order valence-corrected chi connectivity index (χ1v) is 8.68. The number of thioether (sulfide) groups is 1. The highest BCUT2D eigenvalue weighted by Crippen LogP contribution is 2.31. The summed E-state index contributed by atoms with van der Waals surface area (Å²) in [6.45, 7) is -0.141. The van der Waals surface area contributed by atoms with Gasteiger partial charge in [-0.25, -0.2) is 0 Å². The van der Waals surface area contributed by atoms with Gasteiger partial charge in [-0.1, -0.05) is 37.1 Å². The highest BCUT2D eigenvalue weighted by Gasteiger charge is 2.37. The molecule has 1 saturated carbocycles. The number of nitrogens with one attached hydrogen (secondary N) is 1. The number of alkyl halides is 3. The predicted octanol–water partition coefficient (Wildman–Crippen LogP) is 4.66. The lowest BCUT2D eigenvalue weighted by Gasteiger charge is -2.08. The fourth-order valence-corrected chi connectivity index (χ4v) is 3.70. The van der Waals surface area contributed by atoms with Gasteiger partial charge in [-0.2, -0.15) is 13.2 Å². The summed E-state index contributed by atoms with van der Waals surface area (Å²) < 4.78 is 36.1. The van der Waals surface area contributed by atoms with Crippen LogP contribution in [0.25, 0.3) is 6.08 Å². The van der Waals surface area contributed by atoms with Crippen molar-refractivity contribution in [3.63, 3.8) is 0 Å². The molecule has 1 amide bonds. The van der Waals surface area contributed by atoms with E-state index in [9.17, 15) is 18.0 Å². The molecule has 1 fully saturated rings. The molecule has 0 radical (unpaired) electrons. The average molecular weight is 343 g/mol. The molecule has 1 aliphatic rings. The molecule has 0 saturated heterocycles. The van der Waals surface area contributed by atoms with Crippen LogP contribution in [0.1, 0.15) is 31.2 Å². The van der Waals surface area contributed by atoms with Crippen LogP contribution in [-0.2, 0) is 4.79 Å². The zero-order chi connectivity index (χ0) is 16.7. The summed E-state index contributed by atoms with van der Waals surface area (Å²) in [6, 6.07) is 7.89. The topological polar surface area (TPSA) is 29.1 Å². The van der Waals surface area contributed by atoms with Crippen LogP contribution in [-0.4, -0.2) is 24.4 Å². The number of rotatable bonds is 6. The van der Waals surface area contributed by atoms with Crippen molar-refractivity contribution < 1.29 is 18.0 Å². The molecule has 1 aromatic carbocycles. The summed E-state index contributed by atoms with van der Waals surface area (Å²) in [5.74, 6) is 0.00855. The van der Waals surface area contributed by atoms with E-state index >= 15 is 0 Å². The Morgan fingerprint density at radius 1 is 1.30 bits per heavy atom. The van der Waals surface area contributed by atoms with Crippen molar-refractivity contribution >= 4 is 23.7 Å². The third-order valence-electron chi connectivity index (χ3n) is 3.77. The Labute approximate surface area is 138 Å². The molecule has 0 aromatic heterocycles. The maximum atomic E-state index is 12.0. The van der Waals surface area contributed by atoms with E-state index in [1.807, 2.05) is 41.3 Å². The molecular weight excluding hydrogens is 323 g/mol. The molecule has 0 heterocycles. The quantitative estimate of drug-likeness (QED) is 0.761. The molecule has 0 spiro atoms. The summed E-state index contributed by atoms with van der Waals surface area (Å²) in [4.78, 5) is 11.8. The largest absolute Gasteiger partial charge is 0.471 e. The molecule has 2 rings (SSSR count). The minimum atomic E-state index is -4.83. The molecule has 0 bridgehead atoms. The average Bonchev–Trinajstić information content (AvgIpc) is 3.02. The third kappa shape index (κ3) is 6.29. The molecular formula is C17H20F3NOS. The number of carbonyl (C=O) groups excluding carboxylic acids is 1. The Kier molecular flexibility index (Phi) is 6.57. The smallest absolute Gasteiger partial charge is 0.345 e. The number of amides is 1. The van der Waals surface area contributed by atoms with Crippen LogP contribution in [0.15, 0.2) is 35.2 Å². The van der Waals surface area contributed by atoms with E-state index in [1.165, 1.54) is 36.7 Å². The predicted molar refractivity (Wildman–Crippen MR) is 87.2 cm³/mol. The van der Waals surface area contributed by atoms with Gasteiger partial charge in [0.05, 0.1) is 0 Å². The van der Waals surface area contributed by atoms with Gasteiger partial charge in [0.1, 0.15) is 0 Å². The fourth-order valence-electron chi connectivity index (χ4n) is 2.55. The van der Waals surface area contributed by atoms with Crippen molar-refractivity contribution in [2.24, 2.45) is 5.92 Å². The van der Waals surface area contributed by atoms with Crippen molar-refractivity contribution in [3.05, 3.63) is 35.9 Å². The second-order valence-corrected chi connectivity index (χ2v) is 6.74. The van der Waals surface area contributed by atoms with Gasteiger partial charge in [-0.3, -0.25) is 4.79 Å². The van der Waals surface area contributed by atoms with Gasteiger partial charge in [0, 0.05) is 17.2 Å². The van der Waals surface area contributed by atoms with Crippen molar-refractivity contribution in [1.82, 2.24) is 5.32 Å². The van der Waals surface area contributed by atoms with Crippen LogP contribution >= 0.6 is 11.8 Å². The van der Waals surface area contributed by atoms with Gasteiger partial charge < -0.3 is 5.32 Å². The van der Waals surface area contributed by atoms with Gasteiger partial charge in [-0.05, 0) is 36.5 Å². The molecule has 23 heavy (non-hydrogen) atoms. The highest BCUT2D eigenvalue weighted by atomic mass is 32.2. The molecule has 2 nitrogen and oxygen atoms in total. The maximum absolute atomic E-state index is 12.0. The first-order chi connectivity index (χ1) is 10.9. The molecule has 1 aromatic rings. The Bertz CT molecular complexity index is 551. The Morgan fingerprint density at radius 3 is 2.74 bits per heavy atom. The van der Waals surface area contributed by atoms with Gasteiger partial charge in [0.15, 0.2) is 0 Å². The zero-order valence-corrected chi connectivity index (χ0v) is 13.6. The van der Waals surface area contributed by atoms with Crippen LogP contribution in [0.5, 0.6) is 0 Å². The first kappa shape index (κ1) is 17.9. The van der Waals surface area contributed by atoms with Crippen LogP contribution < -0.4 is 5.32 Å². The van der Waals surface area contributed by atoms with E-state index in [4.69, 9.17) is 0 Å². The Hall–Kier alpha value is -1.43. The van der Waals surface area contributed by atoms with E-state index < -0.39 is 12.1 Å². The lowest BCUT2D eigenvalue weighted by atomic mass is 10.1. The fraction of sp³-hybridized carbons (Fsp3) is 0.471. The van der Waals surface area contributed by atoms with E-state index in [-0.39, 0.29) is 6.54 Å². The number of hydrogen-bond acceptors (Lipinski definition) is 2. The number of benzene rings is 1.